The Morgan fingerprint density at radius 1 is 1.15 bits per heavy atom. The van der Waals surface area contributed by atoms with Gasteiger partial charge in [-0.2, -0.15) is 5.26 Å². The molecular formula is C25H25ClN2O5. The van der Waals surface area contributed by atoms with Gasteiger partial charge in [0.1, 0.15) is 24.0 Å². The van der Waals surface area contributed by atoms with Crippen LogP contribution in [0.1, 0.15) is 37.8 Å². The third-order valence-electron chi connectivity index (χ3n) is 4.99. The summed E-state index contributed by atoms with van der Waals surface area (Å²) in [6, 6.07) is 14.7. The molecule has 0 amide bonds. The van der Waals surface area contributed by atoms with E-state index in [1.165, 1.54) is 0 Å². The third kappa shape index (κ3) is 5.41. The molecule has 1 aliphatic heterocycles. The second-order valence-corrected chi connectivity index (χ2v) is 7.61. The first-order valence-corrected chi connectivity index (χ1v) is 10.9. The van der Waals surface area contributed by atoms with Crippen molar-refractivity contribution in [2.24, 2.45) is 5.73 Å². The van der Waals surface area contributed by atoms with Crippen molar-refractivity contribution in [3.8, 4) is 17.6 Å². The van der Waals surface area contributed by atoms with Gasteiger partial charge in [0.15, 0.2) is 11.5 Å². The van der Waals surface area contributed by atoms with Crippen molar-refractivity contribution in [2.45, 2.75) is 33.3 Å². The van der Waals surface area contributed by atoms with E-state index in [9.17, 15) is 10.1 Å². The van der Waals surface area contributed by atoms with Gasteiger partial charge in [0.2, 0.25) is 5.88 Å². The number of carbonyl (C=O) groups excluding carboxylic acids is 1. The second kappa shape index (κ2) is 10.8. The second-order valence-electron chi connectivity index (χ2n) is 7.17. The number of nitrogens with two attached hydrogens (primary N) is 1. The number of nitrogens with zero attached hydrogens (tertiary/aromatic N) is 1. The molecule has 7 nitrogen and oxygen atoms in total. The molecule has 33 heavy (non-hydrogen) atoms. The number of benzene rings is 2. The number of allylic oxidation sites excluding steroid dienone is 2. The molecule has 1 atom stereocenters. The van der Waals surface area contributed by atoms with Gasteiger partial charge in [0.05, 0.1) is 24.7 Å². The highest BCUT2D eigenvalue weighted by Gasteiger charge is 2.36. The Morgan fingerprint density at radius 3 is 2.61 bits per heavy atom. The monoisotopic (exact) mass is 468 g/mol. The van der Waals surface area contributed by atoms with Gasteiger partial charge >= 0.3 is 5.97 Å². The van der Waals surface area contributed by atoms with Gasteiger partial charge in [-0.25, -0.2) is 4.79 Å². The summed E-state index contributed by atoms with van der Waals surface area (Å²) in [6.07, 6.45) is 0. The van der Waals surface area contributed by atoms with Crippen molar-refractivity contribution in [1.29, 1.82) is 5.26 Å². The lowest BCUT2D eigenvalue weighted by Crippen LogP contribution is -2.25. The third-order valence-corrected chi connectivity index (χ3v) is 5.22. The van der Waals surface area contributed by atoms with Crippen LogP contribution in [0.3, 0.4) is 0 Å². The molecule has 2 aromatic rings. The van der Waals surface area contributed by atoms with E-state index in [0.717, 1.165) is 5.56 Å². The van der Waals surface area contributed by atoms with E-state index < -0.39 is 11.9 Å². The molecule has 0 aliphatic carbocycles. The van der Waals surface area contributed by atoms with Gasteiger partial charge in [-0.15, -0.1) is 0 Å². The molecule has 2 aromatic carbocycles. The number of hydrogen-bond acceptors (Lipinski definition) is 7. The number of hydrogen-bond donors (Lipinski definition) is 1. The van der Waals surface area contributed by atoms with Crippen LogP contribution in [-0.2, 0) is 20.9 Å². The summed E-state index contributed by atoms with van der Waals surface area (Å²) in [6.45, 7) is 6.06. The fourth-order valence-electron chi connectivity index (χ4n) is 3.57. The highest BCUT2D eigenvalue weighted by molar-refractivity contribution is 6.30. The van der Waals surface area contributed by atoms with Crippen molar-refractivity contribution >= 4 is 17.6 Å². The summed E-state index contributed by atoms with van der Waals surface area (Å²) in [4.78, 5) is 12.7. The van der Waals surface area contributed by atoms with Crippen LogP contribution in [0, 0.1) is 11.3 Å². The van der Waals surface area contributed by atoms with E-state index in [-0.39, 0.29) is 29.4 Å². The minimum Gasteiger partial charge on any atom is -0.490 e. The molecule has 2 N–H and O–H groups in total. The standard InChI is InChI=1S/C25H25ClN2O5/c1-4-30-21-12-17(9-10-20(21)32-14-16-7-6-8-18(26)11-16)23-19(13-27)24(28)33-15(3)22(23)25(29)31-5-2/h6-12,23H,4-5,14,28H2,1-3H3. The summed E-state index contributed by atoms with van der Waals surface area (Å²) in [5, 5.41) is 10.4. The number of rotatable bonds is 8. The Morgan fingerprint density at radius 2 is 1.94 bits per heavy atom. The molecule has 0 saturated carbocycles. The Kier molecular flexibility index (Phi) is 7.86. The topological polar surface area (TPSA) is 104 Å². The SMILES string of the molecule is CCOC(=O)C1=C(C)OC(N)=C(C#N)C1c1ccc(OCc2cccc(Cl)c2)c(OCC)c1. The van der Waals surface area contributed by atoms with Gasteiger partial charge in [-0.1, -0.05) is 29.8 Å². The van der Waals surface area contributed by atoms with Crippen LogP contribution in [-0.4, -0.2) is 19.2 Å². The molecule has 8 heteroatoms. The fourth-order valence-corrected chi connectivity index (χ4v) is 3.78. The zero-order valence-electron chi connectivity index (χ0n) is 18.7. The quantitative estimate of drug-likeness (QED) is 0.546. The summed E-state index contributed by atoms with van der Waals surface area (Å²) >= 11 is 6.05. The van der Waals surface area contributed by atoms with Crippen LogP contribution in [0.2, 0.25) is 5.02 Å². The van der Waals surface area contributed by atoms with Gasteiger partial charge in [-0.05, 0) is 56.2 Å². The minimum atomic E-state index is -0.760. The van der Waals surface area contributed by atoms with E-state index in [4.69, 9.17) is 36.3 Å². The Labute approximate surface area is 197 Å². The van der Waals surface area contributed by atoms with Gasteiger partial charge in [0, 0.05) is 5.02 Å². The molecule has 1 unspecified atom stereocenters. The molecule has 172 valence electrons. The predicted molar refractivity (Wildman–Crippen MR) is 123 cm³/mol. The number of carbonyl (C=O) groups is 1. The molecule has 3 rings (SSSR count). The zero-order chi connectivity index (χ0) is 24.0. The number of esters is 1. The van der Waals surface area contributed by atoms with Crippen LogP contribution in [0.15, 0.2) is 65.3 Å². The van der Waals surface area contributed by atoms with Crippen LogP contribution in [0.5, 0.6) is 11.5 Å². The summed E-state index contributed by atoms with van der Waals surface area (Å²) < 4.78 is 22.5. The van der Waals surface area contributed by atoms with Crippen molar-refractivity contribution in [3.05, 3.63) is 81.4 Å². The van der Waals surface area contributed by atoms with Crippen LogP contribution in [0.4, 0.5) is 0 Å². The predicted octanol–water partition coefficient (Wildman–Crippen LogP) is 4.96. The molecule has 0 bridgehead atoms. The normalized spacial score (nSPS) is 15.5. The van der Waals surface area contributed by atoms with Gasteiger partial charge in [-0.3, -0.25) is 0 Å². The Hall–Kier alpha value is -3.63. The zero-order valence-corrected chi connectivity index (χ0v) is 19.4. The average molecular weight is 469 g/mol. The summed E-state index contributed by atoms with van der Waals surface area (Å²) in [5.74, 6) is -0.105. The highest BCUT2D eigenvalue weighted by Crippen LogP contribution is 2.42. The molecule has 0 spiro atoms. The maximum atomic E-state index is 12.7. The van der Waals surface area contributed by atoms with E-state index >= 15 is 0 Å². The minimum absolute atomic E-state index is 0.0488. The number of ether oxygens (including phenoxy) is 4. The van der Waals surface area contributed by atoms with Crippen molar-refractivity contribution in [3.63, 3.8) is 0 Å². The molecule has 0 fully saturated rings. The first-order chi connectivity index (χ1) is 15.9. The lowest BCUT2D eigenvalue weighted by Gasteiger charge is -2.27. The molecular weight excluding hydrogens is 444 g/mol. The van der Waals surface area contributed by atoms with Crippen molar-refractivity contribution in [2.75, 3.05) is 13.2 Å². The molecule has 1 aliphatic rings. The maximum absolute atomic E-state index is 12.7. The fraction of sp³-hybridized carbons (Fsp3) is 0.280. The summed E-state index contributed by atoms with van der Waals surface area (Å²) in [5.41, 5.74) is 7.85. The largest absolute Gasteiger partial charge is 0.490 e. The smallest absolute Gasteiger partial charge is 0.338 e. The van der Waals surface area contributed by atoms with Crippen LogP contribution >= 0.6 is 11.6 Å². The van der Waals surface area contributed by atoms with Crippen molar-refractivity contribution in [1.82, 2.24) is 0 Å². The van der Waals surface area contributed by atoms with Crippen LogP contribution < -0.4 is 15.2 Å². The lowest BCUT2D eigenvalue weighted by atomic mass is 9.83. The number of nitriles is 1. The van der Waals surface area contributed by atoms with Crippen LogP contribution in [0.25, 0.3) is 0 Å². The van der Waals surface area contributed by atoms with E-state index in [1.807, 2.05) is 25.1 Å². The molecule has 0 aromatic heterocycles. The molecule has 1 heterocycles. The van der Waals surface area contributed by atoms with Gasteiger partial charge in [0.25, 0.3) is 0 Å². The number of halogens is 1. The first kappa shape index (κ1) is 24.0. The van der Waals surface area contributed by atoms with Gasteiger partial charge < -0.3 is 24.7 Å². The average Bonchev–Trinajstić information content (AvgIpc) is 2.78. The lowest BCUT2D eigenvalue weighted by molar-refractivity contribution is -0.139. The maximum Gasteiger partial charge on any atom is 0.338 e. The summed E-state index contributed by atoms with van der Waals surface area (Å²) in [7, 11) is 0. The molecule has 0 saturated heterocycles. The Balaban J connectivity index is 2.00. The Bertz CT molecular complexity index is 1150. The molecule has 0 radical (unpaired) electrons. The van der Waals surface area contributed by atoms with E-state index in [0.29, 0.717) is 35.3 Å². The van der Waals surface area contributed by atoms with E-state index in [2.05, 4.69) is 6.07 Å². The first-order valence-electron chi connectivity index (χ1n) is 10.5. The highest BCUT2D eigenvalue weighted by atomic mass is 35.5. The van der Waals surface area contributed by atoms with Crippen molar-refractivity contribution < 1.29 is 23.7 Å². The van der Waals surface area contributed by atoms with E-state index in [1.54, 1.807) is 38.1 Å².